The number of amides is 1. The number of hydrogen-bond donors (Lipinski definition) is 1. The molecule has 1 amide bonds. The van der Waals surface area contributed by atoms with Gasteiger partial charge in [0.15, 0.2) is 20.5 Å². The Labute approximate surface area is 236 Å². The van der Waals surface area contributed by atoms with Gasteiger partial charge in [-0.15, -0.1) is 0 Å². The average molecular weight is 587 g/mol. The smallest absolute Gasteiger partial charge is 0.273 e. The fourth-order valence-electron chi connectivity index (χ4n) is 5.79. The summed E-state index contributed by atoms with van der Waals surface area (Å²) in [5.41, 5.74) is 4.63. The topological polar surface area (TPSA) is 122 Å². The average Bonchev–Trinajstić information content (AvgIpc) is 3.33. The Hall–Kier alpha value is -3.84. The lowest BCUT2D eigenvalue weighted by atomic mass is 10.1. The minimum atomic E-state index is -4.11. The molecule has 1 aromatic carbocycles. The first kappa shape index (κ1) is 28.7. The highest BCUT2D eigenvalue weighted by molar-refractivity contribution is 7.90. The molecule has 41 heavy (non-hydrogen) atoms. The molecule has 0 aliphatic carbocycles. The molecule has 218 valence electrons. The Bertz CT molecular complexity index is 1700. The van der Waals surface area contributed by atoms with Gasteiger partial charge in [0, 0.05) is 56.1 Å². The summed E-state index contributed by atoms with van der Waals surface area (Å²) in [5.74, 6) is -1.97. The number of likely N-dealkylation sites (N-methyl/N-ethyl adjacent to an activating group) is 1. The number of pyridine rings is 2. The van der Waals surface area contributed by atoms with Crippen LogP contribution < -0.4 is 16.2 Å². The van der Waals surface area contributed by atoms with E-state index in [9.17, 15) is 22.4 Å². The van der Waals surface area contributed by atoms with E-state index in [2.05, 4.69) is 16.5 Å². The van der Waals surface area contributed by atoms with E-state index in [0.717, 1.165) is 37.8 Å². The highest BCUT2D eigenvalue weighted by Crippen LogP contribution is 2.37. The van der Waals surface area contributed by atoms with Gasteiger partial charge < -0.3 is 20.4 Å². The van der Waals surface area contributed by atoms with Crippen molar-refractivity contribution >= 4 is 38.2 Å². The number of rotatable bonds is 6. The van der Waals surface area contributed by atoms with Crippen molar-refractivity contribution in [2.45, 2.75) is 30.3 Å². The van der Waals surface area contributed by atoms with Gasteiger partial charge in [-0.05, 0) is 50.7 Å². The highest BCUT2D eigenvalue weighted by atomic mass is 32.2. The third-order valence-electron chi connectivity index (χ3n) is 7.92. The van der Waals surface area contributed by atoms with Crippen LogP contribution in [0.15, 0.2) is 46.6 Å². The number of carbonyl (C=O) groups excluding carboxylic acids is 1. The van der Waals surface area contributed by atoms with Crippen LogP contribution in [-0.4, -0.2) is 85.7 Å². The van der Waals surface area contributed by atoms with Gasteiger partial charge in [0.25, 0.3) is 5.56 Å². The Morgan fingerprint density at radius 3 is 2.46 bits per heavy atom. The van der Waals surface area contributed by atoms with Crippen molar-refractivity contribution in [3.63, 3.8) is 0 Å². The molecular formula is C28H32F2N6O4S. The van der Waals surface area contributed by atoms with Crippen LogP contribution in [-0.2, 0) is 21.2 Å². The van der Waals surface area contributed by atoms with E-state index >= 15 is 4.39 Å². The fourth-order valence-corrected chi connectivity index (χ4v) is 6.80. The number of hydrogen-bond acceptors (Lipinski definition) is 8. The second-order valence-corrected chi connectivity index (χ2v) is 12.5. The van der Waals surface area contributed by atoms with Crippen LogP contribution in [0.4, 0.5) is 20.2 Å². The molecule has 0 spiro atoms. The molecule has 1 atom stereocenters. The first-order chi connectivity index (χ1) is 19.4. The fraction of sp³-hybridized carbons (Fsp3) is 0.393. The maximum absolute atomic E-state index is 15.8. The summed E-state index contributed by atoms with van der Waals surface area (Å²) < 4.78 is 58.4. The molecule has 3 aromatic rings. The number of benzene rings is 1. The third-order valence-corrected chi connectivity index (χ3v) is 9.03. The van der Waals surface area contributed by atoms with Crippen LogP contribution in [0.2, 0.25) is 0 Å². The molecule has 0 unspecified atom stereocenters. The molecule has 0 bridgehead atoms. The number of anilines is 2. The number of aromatic nitrogens is 2. The van der Waals surface area contributed by atoms with E-state index in [1.54, 1.807) is 9.80 Å². The summed E-state index contributed by atoms with van der Waals surface area (Å²) in [6.45, 7) is 5.29. The van der Waals surface area contributed by atoms with Crippen molar-refractivity contribution < 1.29 is 22.0 Å². The Balaban J connectivity index is 1.81. The van der Waals surface area contributed by atoms with Crippen LogP contribution in [0.5, 0.6) is 0 Å². The maximum atomic E-state index is 15.8. The summed E-state index contributed by atoms with van der Waals surface area (Å²) >= 11 is 0. The predicted octanol–water partition coefficient (Wildman–Crippen LogP) is 2.26. The zero-order chi connectivity index (χ0) is 29.6. The van der Waals surface area contributed by atoms with Crippen LogP contribution in [0.1, 0.15) is 12.8 Å². The van der Waals surface area contributed by atoms with Gasteiger partial charge in [-0.25, -0.2) is 22.2 Å². The van der Waals surface area contributed by atoms with Crippen molar-refractivity contribution in [1.82, 2.24) is 19.4 Å². The molecular weight excluding hydrogens is 554 g/mol. The largest absolute Gasteiger partial charge is 0.398 e. The molecule has 2 aliphatic heterocycles. The van der Waals surface area contributed by atoms with Crippen LogP contribution in [0, 0.1) is 11.6 Å². The number of halogens is 2. The molecule has 2 fully saturated rings. The molecule has 2 saturated heterocycles. The highest BCUT2D eigenvalue weighted by Gasteiger charge is 2.33. The van der Waals surface area contributed by atoms with Gasteiger partial charge in [0.05, 0.1) is 11.3 Å². The van der Waals surface area contributed by atoms with Crippen LogP contribution in [0.3, 0.4) is 0 Å². The summed E-state index contributed by atoms with van der Waals surface area (Å²) in [5, 5.41) is 0.102. The van der Waals surface area contributed by atoms with E-state index in [4.69, 9.17) is 5.73 Å². The number of nitrogen functional groups attached to an aromatic ring is 1. The lowest BCUT2D eigenvalue weighted by molar-refractivity contribution is -0.126. The van der Waals surface area contributed by atoms with Gasteiger partial charge >= 0.3 is 0 Å². The van der Waals surface area contributed by atoms with E-state index < -0.39 is 31.9 Å². The van der Waals surface area contributed by atoms with E-state index in [0.29, 0.717) is 0 Å². The molecule has 13 heteroatoms. The Morgan fingerprint density at radius 1 is 1.17 bits per heavy atom. The Morgan fingerprint density at radius 2 is 1.88 bits per heavy atom. The van der Waals surface area contributed by atoms with E-state index in [-0.39, 0.29) is 78.3 Å². The zero-order valence-electron chi connectivity index (χ0n) is 22.9. The molecule has 0 saturated carbocycles. The number of likely N-dealkylation sites (tertiary alicyclic amines) is 1. The lowest BCUT2D eigenvalue weighted by Gasteiger charge is -2.37. The van der Waals surface area contributed by atoms with Gasteiger partial charge in [-0.3, -0.25) is 14.2 Å². The molecule has 10 nitrogen and oxygen atoms in total. The van der Waals surface area contributed by atoms with Gasteiger partial charge in [0.1, 0.15) is 17.2 Å². The van der Waals surface area contributed by atoms with Gasteiger partial charge in [-0.1, -0.05) is 12.6 Å². The van der Waals surface area contributed by atoms with Crippen molar-refractivity contribution in [3.8, 4) is 11.3 Å². The number of nitrogens with two attached hydrogens (primary N) is 1. The molecule has 5 rings (SSSR count). The standard InChI is InChI=1S/C28H32F2N6O4S/c1-4-22(37)34-11-13-35(14-12-34)25-18-15-20(30)24(23-19(29)8-5-9-21(23)31)32-27(18)36(16-17-7-6-10-33(17)2)28(38)26(25)41(3,39)40/h4-5,8-9,15,17H,1,6-7,10-14,16,31H2,2-3H3/t17-/m0/s1. The lowest BCUT2D eigenvalue weighted by Crippen LogP contribution is -2.49. The molecule has 4 heterocycles. The number of carbonyl (C=O) groups is 1. The van der Waals surface area contributed by atoms with Crippen LogP contribution in [0.25, 0.3) is 22.3 Å². The monoisotopic (exact) mass is 586 g/mol. The maximum Gasteiger partial charge on any atom is 0.273 e. The Kier molecular flexibility index (Phi) is 7.60. The molecule has 2 aromatic heterocycles. The van der Waals surface area contributed by atoms with Crippen molar-refractivity contribution in [1.29, 1.82) is 0 Å². The second-order valence-electron chi connectivity index (χ2n) is 10.6. The molecule has 0 radical (unpaired) electrons. The van der Waals surface area contributed by atoms with Crippen molar-refractivity contribution in [2.24, 2.45) is 0 Å². The minimum absolute atomic E-state index is 0.0219. The second kappa shape index (κ2) is 10.9. The predicted molar refractivity (Wildman–Crippen MR) is 154 cm³/mol. The number of sulfone groups is 1. The van der Waals surface area contributed by atoms with Gasteiger partial charge in [0.2, 0.25) is 5.91 Å². The first-order valence-electron chi connectivity index (χ1n) is 13.3. The SMILES string of the molecule is C=CC(=O)N1CCN(c2c(S(C)(=O)=O)c(=O)n(C[C@@H]3CCCN3C)c3nc(-c4c(N)cccc4F)c(F)cc23)CC1. The normalized spacial score (nSPS) is 18.3. The van der Waals surface area contributed by atoms with E-state index in [1.807, 2.05) is 7.05 Å². The number of fused-ring (bicyclic) bond motifs is 1. The number of piperazine rings is 1. The summed E-state index contributed by atoms with van der Waals surface area (Å²) in [7, 11) is -2.20. The summed E-state index contributed by atoms with van der Waals surface area (Å²) in [4.78, 5) is 35.6. The van der Waals surface area contributed by atoms with Crippen molar-refractivity contribution in [3.05, 3.63) is 58.9 Å². The summed E-state index contributed by atoms with van der Waals surface area (Å²) in [6, 6.07) is 4.97. The van der Waals surface area contributed by atoms with Crippen molar-refractivity contribution in [2.75, 3.05) is 56.7 Å². The third kappa shape index (κ3) is 5.19. The summed E-state index contributed by atoms with van der Waals surface area (Å²) in [6.07, 6.45) is 3.82. The first-order valence-corrected chi connectivity index (χ1v) is 15.2. The quantitative estimate of drug-likeness (QED) is 0.345. The number of nitrogens with zero attached hydrogens (tertiary/aromatic N) is 5. The van der Waals surface area contributed by atoms with E-state index in [1.165, 1.54) is 22.8 Å². The van der Waals surface area contributed by atoms with Gasteiger partial charge in [-0.2, -0.15) is 0 Å². The van der Waals surface area contributed by atoms with Crippen LogP contribution >= 0.6 is 0 Å². The minimum Gasteiger partial charge on any atom is -0.398 e. The molecule has 2 aliphatic rings. The zero-order valence-corrected chi connectivity index (χ0v) is 23.8. The molecule has 2 N–H and O–H groups in total.